The van der Waals surface area contributed by atoms with Gasteiger partial charge >= 0.3 is 5.97 Å². The van der Waals surface area contributed by atoms with E-state index >= 15 is 0 Å². The molecule has 0 rings (SSSR count). The summed E-state index contributed by atoms with van der Waals surface area (Å²) in [7, 11) is 0. The van der Waals surface area contributed by atoms with Gasteiger partial charge in [0.2, 0.25) is 0 Å². The van der Waals surface area contributed by atoms with Crippen LogP contribution in [0, 0.1) is 0 Å². The SMILES string of the molecule is C/C=C/OC(=O)CCCCCCC/C=C\CCCCCCCC. The number of unbranched alkanes of at least 4 members (excludes halogenated alkanes) is 11. The number of esters is 1. The Morgan fingerprint density at radius 2 is 1.30 bits per heavy atom. The minimum atomic E-state index is -0.110. The lowest BCUT2D eigenvalue weighted by Gasteiger charge is -2.00. The van der Waals surface area contributed by atoms with Crippen molar-refractivity contribution in [3.05, 3.63) is 24.5 Å². The Kier molecular flexibility index (Phi) is 18.1. The molecule has 0 heterocycles. The zero-order valence-corrected chi connectivity index (χ0v) is 15.5. The van der Waals surface area contributed by atoms with Gasteiger partial charge in [0.15, 0.2) is 0 Å². The van der Waals surface area contributed by atoms with Crippen molar-refractivity contribution in [2.45, 2.75) is 104 Å². The van der Waals surface area contributed by atoms with E-state index < -0.39 is 0 Å². The molecular weight excluding hydrogens is 284 g/mol. The Balaban J connectivity index is 3.17. The number of allylic oxidation sites excluding steroid dienone is 3. The molecule has 23 heavy (non-hydrogen) atoms. The van der Waals surface area contributed by atoms with E-state index in [0.717, 1.165) is 12.8 Å². The van der Waals surface area contributed by atoms with Gasteiger partial charge in [0.25, 0.3) is 0 Å². The van der Waals surface area contributed by atoms with E-state index in [4.69, 9.17) is 4.74 Å². The van der Waals surface area contributed by atoms with Crippen molar-refractivity contribution in [1.29, 1.82) is 0 Å². The van der Waals surface area contributed by atoms with E-state index in [1.165, 1.54) is 76.9 Å². The number of carbonyl (C=O) groups excluding carboxylic acids is 1. The minimum Gasteiger partial charge on any atom is -0.435 e. The van der Waals surface area contributed by atoms with E-state index in [1.54, 1.807) is 6.08 Å². The van der Waals surface area contributed by atoms with Crippen LogP contribution < -0.4 is 0 Å². The largest absolute Gasteiger partial charge is 0.435 e. The fourth-order valence-electron chi connectivity index (χ4n) is 2.54. The zero-order valence-electron chi connectivity index (χ0n) is 15.5. The predicted molar refractivity (Wildman–Crippen MR) is 100 cm³/mol. The van der Waals surface area contributed by atoms with Crippen molar-refractivity contribution in [3.63, 3.8) is 0 Å². The highest BCUT2D eigenvalue weighted by Crippen LogP contribution is 2.10. The topological polar surface area (TPSA) is 26.3 Å². The summed E-state index contributed by atoms with van der Waals surface area (Å²) < 4.78 is 4.88. The molecule has 0 aliphatic heterocycles. The molecule has 0 unspecified atom stereocenters. The molecule has 0 aromatic carbocycles. The molecule has 0 aliphatic rings. The molecular formula is C21H38O2. The summed E-state index contributed by atoms with van der Waals surface area (Å²) in [6, 6.07) is 0. The molecule has 0 N–H and O–H groups in total. The molecule has 0 fully saturated rings. The van der Waals surface area contributed by atoms with Gasteiger partial charge < -0.3 is 4.74 Å². The van der Waals surface area contributed by atoms with Crippen LogP contribution in [0.1, 0.15) is 104 Å². The van der Waals surface area contributed by atoms with E-state index in [2.05, 4.69) is 19.1 Å². The third kappa shape index (κ3) is 18.9. The molecule has 0 aliphatic carbocycles. The van der Waals surface area contributed by atoms with Gasteiger partial charge in [-0.25, -0.2) is 0 Å². The molecule has 0 saturated heterocycles. The Morgan fingerprint density at radius 3 is 1.87 bits per heavy atom. The maximum absolute atomic E-state index is 11.3. The van der Waals surface area contributed by atoms with Crippen molar-refractivity contribution < 1.29 is 9.53 Å². The summed E-state index contributed by atoms with van der Waals surface area (Å²) in [6.07, 6.45) is 25.0. The second-order valence-electron chi connectivity index (χ2n) is 6.29. The van der Waals surface area contributed by atoms with Gasteiger partial charge in [0.05, 0.1) is 6.26 Å². The maximum Gasteiger partial charge on any atom is 0.310 e. The van der Waals surface area contributed by atoms with Crippen LogP contribution in [-0.4, -0.2) is 5.97 Å². The van der Waals surface area contributed by atoms with Gasteiger partial charge in [-0.15, -0.1) is 0 Å². The maximum atomic E-state index is 11.3. The number of hydrogen-bond donors (Lipinski definition) is 0. The molecule has 0 amide bonds. The van der Waals surface area contributed by atoms with Gasteiger partial charge in [-0.2, -0.15) is 0 Å². The van der Waals surface area contributed by atoms with Gasteiger partial charge in [0, 0.05) is 6.42 Å². The molecule has 0 radical (unpaired) electrons. The summed E-state index contributed by atoms with van der Waals surface area (Å²) in [5.41, 5.74) is 0. The third-order valence-corrected chi connectivity index (χ3v) is 3.98. The minimum absolute atomic E-state index is 0.110. The van der Waals surface area contributed by atoms with Crippen LogP contribution in [0.25, 0.3) is 0 Å². The molecule has 2 nitrogen and oxygen atoms in total. The fourth-order valence-corrected chi connectivity index (χ4v) is 2.54. The Bertz CT molecular complexity index is 305. The second kappa shape index (κ2) is 19.0. The van der Waals surface area contributed by atoms with Crippen molar-refractivity contribution >= 4 is 5.97 Å². The second-order valence-corrected chi connectivity index (χ2v) is 6.29. The zero-order chi connectivity index (χ0) is 17.0. The monoisotopic (exact) mass is 322 g/mol. The van der Waals surface area contributed by atoms with Crippen molar-refractivity contribution in [3.8, 4) is 0 Å². The van der Waals surface area contributed by atoms with Crippen LogP contribution in [0.3, 0.4) is 0 Å². The summed E-state index contributed by atoms with van der Waals surface area (Å²) in [5, 5.41) is 0. The Morgan fingerprint density at radius 1 is 0.783 bits per heavy atom. The van der Waals surface area contributed by atoms with Gasteiger partial charge in [-0.05, 0) is 39.0 Å². The summed E-state index contributed by atoms with van der Waals surface area (Å²) in [4.78, 5) is 11.3. The Labute approximate surface area is 144 Å². The van der Waals surface area contributed by atoms with E-state index in [1.807, 2.05) is 6.92 Å². The standard InChI is InChI=1S/C21H38O2/c1-3-5-6-7-8-9-10-11-12-13-14-15-16-17-18-19-21(22)23-20-4-2/h4,11-12,20H,3,5-10,13-19H2,1-2H3/b12-11-,20-4+. The first-order valence-corrected chi connectivity index (χ1v) is 9.77. The average molecular weight is 323 g/mol. The van der Waals surface area contributed by atoms with Crippen LogP contribution in [0.4, 0.5) is 0 Å². The average Bonchev–Trinajstić information content (AvgIpc) is 2.56. The normalized spacial score (nSPS) is 11.6. The quantitative estimate of drug-likeness (QED) is 0.131. The lowest BCUT2D eigenvalue weighted by molar-refractivity contribution is -0.138. The first kappa shape index (κ1) is 21.9. The first-order chi connectivity index (χ1) is 11.3. The highest BCUT2D eigenvalue weighted by Gasteiger charge is 1.99. The van der Waals surface area contributed by atoms with Crippen molar-refractivity contribution in [1.82, 2.24) is 0 Å². The number of rotatable bonds is 16. The molecule has 0 atom stereocenters. The van der Waals surface area contributed by atoms with Crippen LogP contribution in [0.5, 0.6) is 0 Å². The van der Waals surface area contributed by atoms with Crippen LogP contribution in [-0.2, 0) is 9.53 Å². The lowest BCUT2D eigenvalue weighted by Crippen LogP contribution is -1.98. The summed E-state index contributed by atoms with van der Waals surface area (Å²) in [6.45, 7) is 4.11. The van der Waals surface area contributed by atoms with Crippen molar-refractivity contribution in [2.75, 3.05) is 0 Å². The summed E-state index contributed by atoms with van der Waals surface area (Å²) >= 11 is 0. The smallest absolute Gasteiger partial charge is 0.310 e. The van der Waals surface area contributed by atoms with Gasteiger partial charge in [-0.1, -0.05) is 76.5 Å². The summed E-state index contributed by atoms with van der Waals surface area (Å²) in [5.74, 6) is -0.110. The predicted octanol–water partition coefficient (Wildman–Crippen LogP) is 7.10. The van der Waals surface area contributed by atoms with Gasteiger partial charge in [-0.3, -0.25) is 4.79 Å². The van der Waals surface area contributed by atoms with Crippen molar-refractivity contribution in [2.24, 2.45) is 0 Å². The molecule has 0 aromatic heterocycles. The molecule has 134 valence electrons. The van der Waals surface area contributed by atoms with Crippen LogP contribution >= 0.6 is 0 Å². The van der Waals surface area contributed by atoms with E-state index in [-0.39, 0.29) is 5.97 Å². The van der Waals surface area contributed by atoms with E-state index in [0.29, 0.717) is 6.42 Å². The third-order valence-electron chi connectivity index (χ3n) is 3.98. The lowest BCUT2D eigenvalue weighted by atomic mass is 10.1. The number of ether oxygens (including phenoxy) is 1. The molecule has 0 spiro atoms. The highest BCUT2D eigenvalue weighted by molar-refractivity contribution is 5.69. The number of carbonyl (C=O) groups is 1. The van der Waals surface area contributed by atoms with Crippen LogP contribution in [0.15, 0.2) is 24.5 Å². The number of hydrogen-bond acceptors (Lipinski definition) is 2. The fraction of sp³-hybridized carbons (Fsp3) is 0.762. The first-order valence-electron chi connectivity index (χ1n) is 9.77. The highest BCUT2D eigenvalue weighted by atomic mass is 16.5. The molecule has 0 bridgehead atoms. The molecule has 0 saturated carbocycles. The van der Waals surface area contributed by atoms with Gasteiger partial charge in [0.1, 0.15) is 0 Å². The Hall–Kier alpha value is -1.05. The van der Waals surface area contributed by atoms with Crippen LogP contribution in [0.2, 0.25) is 0 Å². The molecule has 0 aromatic rings. The van der Waals surface area contributed by atoms with E-state index in [9.17, 15) is 4.79 Å². The molecule has 2 heteroatoms.